The Labute approximate surface area is 299 Å². The van der Waals surface area contributed by atoms with Crippen LogP contribution in [0.25, 0.3) is 0 Å². The molecule has 0 aliphatic carbocycles. The van der Waals surface area contributed by atoms with Crippen LogP contribution in [0.2, 0.25) is 0 Å². The first-order valence-electron chi connectivity index (χ1n) is 17.3. The molecule has 2 unspecified atom stereocenters. The summed E-state index contributed by atoms with van der Waals surface area (Å²) in [5.74, 6) is -1.96. The fraction of sp³-hybridized carbons (Fsp3) is 0.317. The molecule has 4 rings (SSSR count). The van der Waals surface area contributed by atoms with Crippen LogP contribution in [0.4, 0.5) is 5.69 Å². The van der Waals surface area contributed by atoms with Gasteiger partial charge in [0.15, 0.2) is 11.5 Å². The highest BCUT2D eigenvalue weighted by molar-refractivity contribution is 6.00. The standard InChI is InChI=1S/C41H46N2O8/c1-4-6-7-8-12-24-50-33-21-19-30(20-22-33)41(48)51-36-23-18-28(26-37(36)49-3)25-35(40(46)47)43-38(44)31-16-13-17-32(27-31)42-39(45)34(5-2)29-14-10-9-11-15-29/h9-11,13-23,26-27,34-35H,4-8,12,24-25H2,1-3H3,(H,42,45)(H,43,44)(H,46,47). The molecule has 10 heteroatoms. The van der Waals surface area contributed by atoms with Crippen LogP contribution < -0.4 is 24.8 Å². The van der Waals surface area contributed by atoms with Crippen LogP contribution in [0.5, 0.6) is 17.2 Å². The number of esters is 1. The number of aliphatic carboxylic acids is 1. The minimum atomic E-state index is -1.28. The second-order valence-electron chi connectivity index (χ2n) is 12.2. The summed E-state index contributed by atoms with van der Waals surface area (Å²) >= 11 is 0. The predicted molar refractivity (Wildman–Crippen MR) is 196 cm³/mol. The molecule has 2 atom stereocenters. The van der Waals surface area contributed by atoms with E-state index in [1.807, 2.05) is 37.3 Å². The number of rotatable bonds is 19. The third-order valence-electron chi connectivity index (χ3n) is 8.40. The highest BCUT2D eigenvalue weighted by atomic mass is 16.6. The van der Waals surface area contributed by atoms with Crippen LogP contribution in [-0.4, -0.2) is 48.6 Å². The van der Waals surface area contributed by atoms with Gasteiger partial charge in [-0.2, -0.15) is 0 Å². The molecule has 0 heterocycles. The van der Waals surface area contributed by atoms with Gasteiger partial charge in [-0.3, -0.25) is 9.59 Å². The summed E-state index contributed by atoms with van der Waals surface area (Å²) in [7, 11) is 1.41. The average molecular weight is 695 g/mol. The SMILES string of the molecule is CCCCCCCOc1ccc(C(=O)Oc2ccc(CC(NC(=O)c3cccc(NC(=O)C(CC)c4ccccc4)c3)C(=O)O)cc2OC)cc1. The highest BCUT2D eigenvalue weighted by Gasteiger charge is 2.24. The summed E-state index contributed by atoms with van der Waals surface area (Å²) in [4.78, 5) is 51.3. The van der Waals surface area contributed by atoms with Gasteiger partial charge in [-0.1, -0.05) is 82.0 Å². The Hall–Kier alpha value is -5.64. The number of carbonyl (C=O) groups is 4. The molecule has 4 aromatic rings. The third kappa shape index (κ3) is 11.5. The number of ether oxygens (including phenoxy) is 3. The van der Waals surface area contributed by atoms with Gasteiger partial charge in [-0.15, -0.1) is 0 Å². The van der Waals surface area contributed by atoms with E-state index in [9.17, 15) is 24.3 Å². The fourth-order valence-electron chi connectivity index (χ4n) is 5.57. The van der Waals surface area contributed by atoms with Crippen molar-refractivity contribution in [3.05, 3.63) is 119 Å². The van der Waals surface area contributed by atoms with E-state index < -0.39 is 23.9 Å². The largest absolute Gasteiger partial charge is 0.494 e. The first-order chi connectivity index (χ1) is 24.7. The smallest absolute Gasteiger partial charge is 0.343 e. The summed E-state index contributed by atoms with van der Waals surface area (Å²) in [5.41, 5.74) is 2.35. The van der Waals surface area contributed by atoms with Crippen LogP contribution in [0.15, 0.2) is 97.1 Å². The number of hydrogen-bond donors (Lipinski definition) is 3. The lowest BCUT2D eigenvalue weighted by atomic mass is 9.95. The summed E-state index contributed by atoms with van der Waals surface area (Å²) in [5, 5.41) is 15.4. The first kappa shape index (κ1) is 38.2. The Kier molecular flexibility index (Phi) is 14.6. The van der Waals surface area contributed by atoms with Gasteiger partial charge < -0.3 is 30.0 Å². The summed E-state index contributed by atoms with van der Waals surface area (Å²) in [6.07, 6.45) is 6.22. The van der Waals surface area contributed by atoms with Gasteiger partial charge in [0, 0.05) is 17.7 Å². The van der Waals surface area contributed by atoms with E-state index in [1.54, 1.807) is 54.6 Å². The number of carbonyl (C=O) groups excluding carboxylic acids is 3. The zero-order valence-corrected chi connectivity index (χ0v) is 29.4. The van der Waals surface area contributed by atoms with E-state index >= 15 is 0 Å². The van der Waals surface area contributed by atoms with Gasteiger partial charge >= 0.3 is 11.9 Å². The summed E-state index contributed by atoms with van der Waals surface area (Å²) in [6.45, 7) is 4.72. The topological polar surface area (TPSA) is 140 Å². The fourth-order valence-corrected chi connectivity index (χ4v) is 5.57. The molecule has 3 N–H and O–H groups in total. The molecule has 0 saturated carbocycles. The van der Waals surface area contributed by atoms with Crippen LogP contribution in [0.3, 0.4) is 0 Å². The van der Waals surface area contributed by atoms with Crippen molar-refractivity contribution >= 4 is 29.4 Å². The molecule has 10 nitrogen and oxygen atoms in total. The summed E-state index contributed by atoms with van der Waals surface area (Å²) < 4.78 is 16.8. The Bertz CT molecular complexity index is 1760. The maximum Gasteiger partial charge on any atom is 0.343 e. The van der Waals surface area contributed by atoms with Crippen molar-refractivity contribution < 1.29 is 38.5 Å². The van der Waals surface area contributed by atoms with Gasteiger partial charge in [0.1, 0.15) is 11.8 Å². The molecule has 0 radical (unpaired) electrons. The van der Waals surface area contributed by atoms with Gasteiger partial charge in [0.05, 0.1) is 25.2 Å². The molecule has 268 valence electrons. The van der Waals surface area contributed by atoms with Crippen molar-refractivity contribution in [2.45, 2.75) is 70.8 Å². The number of amides is 2. The zero-order chi connectivity index (χ0) is 36.6. The Morgan fingerprint density at radius 1 is 0.765 bits per heavy atom. The quantitative estimate of drug-likeness (QED) is 0.0513. The minimum Gasteiger partial charge on any atom is -0.494 e. The molecular formula is C41H46N2O8. The number of carboxylic acid groups (broad SMARTS) is 1. The minimum absolute atomic E-state index is 0.0720. The molecule has 0 bridgehead atoms. The molecule has 0 fully saturated rings. The summed E-state index contributed by atoms with van der Waals surface area (Å²) in [6, 6.07) is 25.9. The lowest BCUT2D eigenvalue weighted by molar-refractivity contribution is -0.139. The van der Waals surface area contributed by atoms with Gasteiger partial charge in [-0.25, -0.2) is 9.59 Å². The molecule has 4 aromatic carbocycles. The monoisotopic (exact) mass is 694 g/mol. The number of carboxylic acids is 1. The normalized spacial score (nSPS) is 11.9. The molecule has 0 aliphatic heterocycles. The number of nitrogens with one attached hydrogen (secondary N) is 2. The Morgan fingerprint density at radius 3 is 2.20 bits per heavy atom. The molecule has 0 saturated heterocycles. The number of hydrogen-bond acceptors (Lipinski definition) is 7. The van der Waals surface area contributed by atoms with E-state index in [1.165, 1.54) is 38.5 Å². The van der Waals surface area contributed by atoms with E-state index in [2.05, 4.69) is 17.6 Å². The van der Waals surface area contributed by atoms with Gasteiger partial charge in [-0.05, 0) is 78.6 Å². The lowest BCUT2D eigenvalue weighted by Crippen LogP contribution is -2.42. The highest BCUT2D eigenvalue weighted by Crippen LogP contribution is 2.30. The number of anilines is 1. The van der Waals surface area contributed by atoms with Crippen LogP contribution >= 0.6 is 0 Å². The Balaban J connectivity index is 1.35. The predicted octanol–water partition coefficient (Wildman–Crippen LogP) is 7.82. The molecule has 0 aliphatic rings. The van der Waals surface area contributed by atoms with Crippen molar-refractivity contribution in [1.29, 1.82) is 0 Å². The Morgan fingerprint density at radius 2 is 1.51 bits per heavy atom. The molecular weight excluding hydrogens is 648 g/mol. The van der Waals surface area contributed by atoms with E-state index in [-0.39, 0.29) is 35.3 Å². The van der Waals surface area contributed by atoms with Crippen molar-refractivity contribution in [3.63, 3.8) is 0 Å². The van der Waals surface area contributed by atoms with Crippen LogP contribution in [0.1, 0.15) is 90.1 Å². The number of benzene rings is 4. The number of unbranched alkanes of at least 4 members (excludes halogenated alkanes) is 4. The average Bonchev–Trinajstić information content (AvgIpc) is 3.14. The molecule has 0 aromatic heterocycles. The molecule has 51 heavy (non-hydrogen) atoms. The zero-order valence-electron chi connectivity index (χ0n) is 29.4. The first-order valence-corrected chi connectivity index (χ1v) is 17.3. The van der Waals surface area contributed by atoms with Crippen LogP contribution in [-0.2, 0) is 16.0 Å². The molecule has 0 spiro atoms. The molecule has 2 amide bonds. The van der Waals surface area contributed by atoms with Crippen molar-refractivity contribution in [1.82, 2.24) is 5.32 Å². The third-order valence-corrected chi connectivity index (χ3v) is 8.40. The maximum atomic E-state index is 13.2. The lowest BCUT2D eigenvalue weighted by Gasteiger charge is -2.17. The van der Waals surface area contributed by atoms with E-state index in [4.69, 9.17) is 14.2 Å². The van der Waals surface area contributed by atoms with Crippen LogP contribution in [0, 0.1) is 0 Å². The van der Waals surface area contributed by atoms with Gasteiger partial charge in [0.2, 0.25) is 5.91 Å². The second-order valence-corrected chi connectivity index (χ2v) is 12.2. The van der Waals surface area contributed by atoms with E-state index in [0.29, 0.717) is 35.6 Å². The van der Waals surface area contributed by atoms with Crippen molar-refractivity contribution in [2.24, 2.45) is 0 Å². The van der Waals surface area contributed by atoms with Crippen molar-refractivity contribution in [2.75, 3.05) is 19.0 Å². The van der Waals surface area contributed by atoms with Crippen molar-refractivity contribution in [3.8, 4) is 17.2 Å². The number of methoxy groups -OCH3 is 1. The van der Waals surface area contributed by atoms with E-state index in [0.717, 1.165) is 18.4 Å². The van der Waals surface area contributed by atoms with Gasteiger partial charge in [0.25, 0.3) is 5.91 Å². The second kappa shape index (κ2) is 19.5. The maximum absolute atomic E-state index is 13.2.